The van der Waals surface area contributed by atoms with Crippen molar-refractivity contribution in [3.63, 3.8) is 0 Å². The molecular formula is C16H24O4. The number of carbonyl (C=O) groups is 1. The van der Waals surface area contributed by atoms with Gasteiger partial charge in [-0.2, -0.15) is 0 Å². The minimum atomic E-state index is -0.994. The molecule has 0 amide bonds. The van der Waals surface area contributed by atoms with Gasteiger partial charge in [-0.15, -0.1) is 0 Å². The number of aliphatic hydroxyl groups excluding tert-OH is 2. The molecule has 3 aliphatic rings. The van der Waals surface area contributed by atoms with Gasteiger partial charge in [-0.05, 0) is 30.6 Å². The molecule has 0 bridgehead atoms. The lowest BCUT2D eigenvalue weighted by Gasteiger charge is -2.54. The van der Waals surface area contributed by atoms with Gasteiger partial charge in [0, 0.05) is 11.3 Å². The molecule has 0 aromatic heterocycles. The molecule has 7 unspecified atom stereocenters. The van der Waals surface area contributed by atoms with Crippen LogP contribution in [0.3, 0.4) is 0 Å². The summed E-state index contributed by atoms with van der Waals surface area (Å²) in [5.74, 6) is 1.04. The number of hydrogen-bond acceptors (Lipinski definition) is 4. The molecule has 0 spiro atoms. The maximum Gasteiger partial charge on any atom is 0.170 e. The fourth-order valence-electron chi connectivity index (χ4n) is 4.62. The van der Waals surface area contributed by atoms with E-state index in [1.165, 1.54) is 0 Å². The first kappa shape index (κ1) is 14.2. The van der Waals surface area contributed by atoms with Gasteiger partial charge < -0.3 is 14.9 Å². The van der Waals surface area contributed by atoms with Crippen LogP contribution in [0.5, 0.6) is 0 Å². The zero-order valence-electron chi connectivity index (χ0n) is 12.2. The van der Waals surface area contributed by atoms with Crippen LogP contribution in [0.1, 0.15) is 33.1 Å². The summed E-state index contributed by atoms with van der Waals surface area (Å²) < 4.78 is 5.29. The first-order chi connectivity index (χ1) is 9.48. The van der Waals surface area contributed by atoms with Crippen LogP contribution in [-0.4, -0.2) is 35.0 Å². The van der Waals surface area contributed by atoms with Crippen LogP contribution < -0.4 is 0 Å². The highest BCUT2D eigenvalue weighted by molar-refractivity contribution is 5.90. The highest BCUT2D eigenvalue weighted by atomic mass is 16.6. The molecule has 4 heteroatoms. The van der Waals surface area contributed by atoms with Gasteiger partial charge in [-0.25, -0.2) is 0 Å². The SMILES string of the molecule is CC1CCC2C(C=CC3C(O)OC(CO)C(=O)C32C)C1. The average Bonchev–Trinajstić information content (AvgIpc) is 2.42. The Bertz CT molecular complexity index is 432. The van der Waals surface area contributed by atoms with Crippen molar-refractivity contribution in [3.05, 3.63) is 12.2 Å². The van der Waals surface area contributed by atoms with Gasteiger partial charge in [-0.3, -0.25) is 4.79 Å². The molecule has 1 aliphatic heterocycles. The van der Waals surface area contributed by atoms with E-state index in [2.05, 4.69) is 13.0 Å². The maximum atomic E-state index is 12.8. The van der Waals surface area contributed by atoms with Gasteiger partial charge in [-0.1, -0.05) is 32.4 Å². The Morgan fingerprint density at radius 1 is 1.40 bits per heavy atom. The molecule has 2 fully saturated rings. The predicted octanol–water partition coefficient (Wildman–Crippen LogP) is 1.51. The van der Waals surface area contributed by atoms with Crippen molar-refractivity contribution in [3.8, 4) is 0 Å². The second-order valence-electron chi connectivity index (χ2n) is 6.94. The van der Waals surface area contributed by atoms with E-state index in [9.17, 15) is 15.0 Å². The van der Waals surface area contributed by atoms with Crippen molar-refractivity contribution in [2.24, 2.45) is 29.1 Å². The van der Waals surface area contributed by atoms with Crippen LogP contribution in [0, 0.1) is 29.1 Å². The Morgan fingerprint density at radius 3 is 2.85 bits per heavy atom. The Labute approximate surface area is 119 Å². The van der Waals surface area contributed by atoms with E-state index in [-0.39, 0.29) is 24.2 Å². The second kappa shape index (κ2) is 4.93. The molecule has 112 valence electrons. The van der Waals surface area contributed by atoms with E-state index in [1.807, 2.05) is 13.0 Å². The van der Waals surface area contributed by atoms with Crippen molar-refractivity contribution in [1.82, 2.24) is 0 Å². The van der Waals surface area contributed by atoms with E-state index < -0.39 is 17.8 Å². The predicted molar refractivity (Wildman–Crippen MR) is 73.7 cm³/mol. The lowest BCUT2D eigenvalue weighted by molar-refractivity contribution is -0.231. The minimum Gasteiger partial charge on any atom is -0.393 e. The maximum absolute atomic E-state index is 12.8. The van der Waals surface area contributed by atoms with Crippen molar-refractivity contribution in [2.75, 3.05) is 6.61 Å². The van der Waals surface area contributed by atoms with Gasteiger partial charge in [0.05, 0.1) is 6.61 Å². The fourth-order valence-corrected chi connectivity index (χ4v) is 4.62. The summed E-state index contributed by atoms with van der Waals surface area (Å²) in [7, 11) is 0. The zero-order valence-corrected chi connectivity index (χ0v) is 12.2. The first-order valence-corrected chi connectivity index (χ1v) is 7.65. The summed E-state index contributed by atoms with van der Waals surface area (Å²) in [5, 5.41) is 19.5. The molecule has 0 aromatic rings. The number of fused-ring (bicyclic) bond motifs is 3. The third-order valence-electron chi connectivity index (χ3n) is 5.79. The molecule has 0 aromatic carbocycles. The summed E-state index contributed by atoms with van der Waals surface area (Å²) >= 11 is 0. The summed E-state index contributed by atoms with van der Waals surface area (Å²) in [4.78, 5) is 12.8. The van der Waals surface area contributed by atoms with E-state index in [0.717, 1.165) is 19.3 Å². The summed E-state index contributed by atoms with van der Waals surface area (Å²) in [6.07, 6.45) is 5.52. The third-order valence-corrected chi connectivity index (χ3v) is 5.79. The number of carbonyl (C=O) groups excluding carboxylic acids is 1. The summed E-state index contributed by atoms with van der Waals surface area (Å²) in [5.41, 5.74) is -0.607. The van der Waals surface area contributed by atoms with Gasteiger partial charge >= 0.3 is 0 Å². The largest absolute Gasteiger partial charge is 0.393 e. The minimum absolute atomic E-state index is 0.0378. The van der Waals surface area contributed by atoms with Crippen molar-refractivity contribution < 1.29 is 19.7 Å². The third kappa shape index (κ3) is 1.89. The molecule has 7 atom stereocenters. The van der Waals surface area contributed by atoms with Crippen LogP contribution in [0.2, 0.25) is 0 Å². The number of rotatable bonds is 1. The highest BCUT2D eigenvalue weighted by Gasteiger charge is 2.58. The van der Waals surface area contributed by atoms with Crippen molar-refractivity contribution in [2.45, 2.75) is 45.5 Å². The van der Waals surface area contributed by atoms with Gasteiger partial charge in [0.2, 0.25) is 0 Å². The van der Waals surface area contributed by atoms with E-state index in [4.69, 9.17) is 4.74 Å². The summed E-state index contributed by atoms with van der Waals surface area (Å²) in [6.45, 7) is 3.87. The normalized spacial score (nSPS) is 51.5. The van der Waals surface area contributed by atoms with Crippen LogP contribution in [-0.2, 0) is 9.53 Å². The number of aliphatic hydroxyl groups is 2. The molecule has 0 radical (unpaired) electrons. The Kier molecular flexibility index (Phi) is 3.51. The molecular weight excluding hydrogens is 256 g/mol. The standard InChI is InChI=1S/C16H24O4/c1-9-3-5-11-10(7-9)4-6-12-15(19)20-13(8-17)14(18)16(11,12)2/h4,6,9-13,15,17,19H,3,5,7-8H2,1-2H3. The van der Waals surface area contributed by atoms with Gasteiger partial charge in [0.15, 0.2) is 12.1 Å². The zero-order chi connectivity index (χ0) is 14.5. The molecule has 1 heterocycles. The molecule has 3 rings (SSSR count). The number of hydrogen-bond donors (Lipinski definition) is 2. The number of Topliss-reactive ketones (excluding diaryl/α,β-unsaturated/α-hetero) is 1. The van der Waals surface area contributed by atoms with Crippen molar-refractivity contribution >= 4 is 5.78 Å². The van der Waals surface area contributed by atoms with E-state index in [0.29, 0.717) is 11.8 Å². The topological polar surface area (TPSA) is 66.8 Å². The summed E-state index contributed by atoms with van der Waals surface area (Å²) in [6, 6.07) is 0. The van der Waals surface area contributed by atoms with Crippen LogP contribution in [0.4, 0.5) is 0 Å². The molecule has 20 heavy (non-hydrogen) atoms. The van der Waals surface area contributed by atoms with E-state index in [1.54, 1.807) is 0 Å². The lowest BCUT2D eigenvalue weighted by Crippen LogP contribution is -2.61. The van der Waals surface area contributed by atoms with Crippen LogP contribution in [0.15, 0.2) is 12.2 Å². The van der Waals surface area contributed by atoms with Gasteiger partial charge in [0.1, 0.15) is 6.10 Å². The number of ether oxygens (including phenoxy) is 1. The van der Waals surface area contributed by atoms with E-state index >= 15 is 0 Å². The highest BCUT2D eigenvalue weighted by Crippen LogP contribution is 2.55. The average molecular weight is 280 g/mol. The molecule has 4 nitrogen and oxygen atoms in total. The molecule has 2 N–H and O–H groups in total. The number of ketones is 1. The quantitative estimate of drug-likeness (QED) is 0.715. The Balaban J connectivity index is 1.99. The second-order valence-corrected chi connectivity index (χ2v) is 6.94. The van der Waals surface area contributed by atoms with Gasteiger partial charge in [0.25, 0.3) is 0 Å². The van der Waals surface area contributed by atoms with Crippen LogP contribution in [0.25, 0.3) is 0 Å². The molecule has 2 aliphatic carbocycles. The Hall–Kier alpha value is -0.710. The molecule has 1 saturated carbocycles. The smallest absolute Gasteiger partial charge is 0.170 e. The number of allylic oxidation sites excluding steroid dienone is 1. The lowest BCUT2D eigenvalue weighted by atomic mass is 9.52. The molecule has 1 saturated heterocycles. The monoisotopic (exact) mass is 280 g/mol. The Morgan fingerprint density at radius 2 is 2.15 bits per heavy atom. The first-order valence-electron chi connectivity index (χ1n) is 7.65. The van der Waals surface area contributed by atoms with Crippen LogP contribution >= 0.6 is 0 Å². The van der Waals surface area contributed by atoms with Crippen molar-refractivity contribution in [1.29, 1.82) is 0 Å². The fraction of sp³-hybridized carbons (Fsp3) is 0.812.